The van der Waals surface area contributed by atoms with Gasteiger partial charge in [0.05, 0.1) is 0 Å². The predicted molar refractivity (Wildman–Crippen MR) is 72.2 cm³/mol. The van der Waals surface area contributed by atoms with E-state index in [1.807, 2.05) is 24.1 Å². The van der Waals surface area contributed by atoms with E-state index in [2.05, 4.69) is 11.9 Å². The van der Waals surface area contributed by atoms with Gasteiger partial charge in [0.15, 0.2) is 0 Å². The zero-order valence-electron chi connectivity index (χ0n) is 11.0. The molecular weight excluding hydrogens is 243 g/mol. The van der Waals surface area contributed by atoms with E-state index >= 15 is 0 Å². The molecule has 0 radical (unpaired) electrons. The fourth-order valence-electron chi connectivity index (χ4n) is 1.98. The van der Waals surface area contributed by atoms with Crippen molar-refractivity contribution in [2.24, 2.45) is 0 Å². The molecule has 3 nitrogen and oxygen atoms in total. The molecule has 0 saturated carbocycles. The van der Waals surface area contributed by atoms with Crippen LogP contribution < -0.4 is 0 Å². The summed E-state index contributed by atoms with van der Waals surface area (Å²) in [4.78, 5) is 6.03. The molecule has 100 valence electrons. The number of aromatic nitrogens is 1. The molecule has 0 spiro atoms. The van der Waals surface area contributed by atoms with Crippen LogP contribution in [0, 0.1) is 5.82 Å². The summed E-state index contributed by atoms with van der Waals surface area (Å²) in [5.74, 6) is -0.215. The van der Waals surface area contributed by atoms with Gasteiger partial charge in [0, 0.05) is 30.5 Å². The van der Waals surface area contributed by atoms with Crippen LogP contribution in [0.25, 0.3) is 0 Å². The number of nitrogens with zero attached hydrogens (tertiary/aromatic N) is 2. The second-order valence-corrected chi connectivity index (χ2v) is 4.64. The van der Waals surface area contributed by atoms with Gasteiger partial charge in [0.2, 0.25) is 0 Å². The molecule has 0 bridgehead atoms. The number of phenolic OH excluding ortho intramolecular Hbond substituents is 1. The molecule has 2 aromatic rings. The highest BCUT2D eigenvalue weighted by Crippen LogP contribution is 2.24. The third kappa shape index (κ3) is 3.29. The van der Waals surface area contributed by atoms with Gasteiger partial charge in [-0.15, -0.1) is 0 Å². The normalized spacial score (nSPS) is 12.6. The Bertz CT molecular complexity index is 545. The molecule has 0 aliphatic rings. The van der Waals surface area contributed by atoms with Crippen LogP contribution in [0.4, 0.5) is 4.39 Å². The van der Waals surface area contributed by atoms with Crippen molar-refractivity contribution in [3.63, 3.8) is 0 Å². The number of hydrogen-bond donors (Lipinski definition) is 1. The zero-order chi connectivity index (χ0) is 13.8. The molecule has 1 atom stereocenters. The van der Waals surface area contributed by atoms with Gasteiger partial charge in [-0.3, -0.25) is 9.88 Å². The summed E-state index contributed by atoms with van der Waals surface area (Å²) >= 11 is 0. The van der Waals surface area contributed by atoms with E-state index in [9.17, 15) is 9.50 Å². The highest BCUT2D eigenvalue weighted by Gasteiger charge is 2.13. The number of phenols is 1. The lowest BCUT2D eigenvalue weighted by molar-refractivity contribution is 0.249. The summed E-state index contributed by atoms with van der Waals surface area (Å²) in [6, 6.07) is 8.07. The Morgan fingerprint density at radius 1 is 1.26 bits per heavy atom. The monoisotopic (exact) mass is 260 g/mol. The van der Waals surface area contributed by atoms with Gasteiger partial charge < -0.3 is 5.11 Å². The predicted octanol–water partition coefficient (Wildman–Crippen LogP) is 3.12. The number of pyridine rings is 1. The van der Waals surface area contributed by atoms with Crippen LogP contribution in [0.5, 0.6) is 5.75 Å². The van der Waals surface area contributed by atoms with Gasteiger partial charge in [-0.05, 0) is 49.9 Å². The molecule has 19 heavy (non-hydrogen) atoms. The maximum atomic E-state index is 13.2. The van der Waals surface area contributed by atoms with Crippen LogP contribution in [0.2, 0.25) is 0 Å². The second-order valence-electron chi connectivity index (χ2n) is 4.64. The molecular formula is C15H17FN2O. The van der Waals surface area contributed by atoms with E-state index in [1.54, 1.807) is 12.4 Å². The van der Waals surface area contributed by atoms with Gasteiger partial charge in [0.1, 0.15) is 11.6 Å². The van der Waals surface area contributed by atoms with Crippen molar-refractivity contribution in [2.75, 3.05) is 7.05 Å². The van der Waals surface area contributed by atoms with Crippen molar-refractivity contribution in [2.45, 2.75) is 19.5 Å². The quantitative estimate of drug-likeness (QED) is 0.917. The Labute approximate surface area is 112 Å². The minimum absolute atomic E-state index is 0.121. The van der Waals surface area contributed by atoms with Crippen molar-refractivity contribution in [1.29, 1.82) is 0 Å². The Morgan fingerprint density at radius 3 is 2.63 bits per heavy atom. The van der Waals surface area contributed by atoms with Crippen LogP contribution in [-0.4, -0.2) is 22.0 Å². The molecule has 1 unspecified atom stereocenters. The highest BCUT2D eigenvalue weighted by molar-refractivity contribution is 5.32. The fourth-order valence-corrected chi connectivity index (χ4v) is 1.98. The summed E-state index contributed by atoms with van der Waals surface area (Å²) in [5.41, 5.74) is 1.72. The molecule has 0 amide bonds. The molecule has 1 aromatic carbocycles. The maximum Gasteiger partial charge on any atom is 0.123 e. The lowest BCUT2D eigenvalue weighted by atomic mass is 10.1. The van der Waals surface area contributed by atoms with Gasteiger partial charge in [-0.1, -0.05) is 0 Å². The van der Waals surface area contributed by atoms with E-state index in [4.69, 9.17) is 0 Å². The number of rotatable bonds is 4. The summed E-state index contributed by atoms with van der Waals surface area (Å²) < 4.78 is 13.2. The van der Waals surface area contributed by atoms with Gasteiger partial charge in [-0.25, -0.2) is 4.39 Å². The maximum absolute atomic E-state index is 13.2. The second kappa shape index (κ2) is 5.80. The number of aromatic hydroxyl groups is 1. The molecule has 0 aliphatic carbocycles. The van der Waals surface area contributed by atoms with Crippen molar-refractivity contribution in [3.8, 4) is 5.75 Å². The molecule has 0 aliphatic heterocycles. The van der Waals surface area contributed by atoms with Crippen molar-refractivity contribution >= 4 is 0 Å². The van der Waals surface area contributed by atoms with Crippen LogP contribution >= 0.6 is 0 Å². The van der Waals surface area contributed by atoms with Crippen molar-refractivity contribution < 1.29 is 9.50 Å². The molecule has 1 N–H and O–H groups in total. The van der Waals surface area contributed by atoms with E-state index in [1.165, 1.54) is 18.2 Å². The van der Waals surface area contributed by atoms with Crippen molar-refractivity contribution in [1.82, 2.24) is 9.88 Å². The lowest BCUT2D eigenvalue weighted by Gasteiger charge is -2.25. The van der Waals surface area contributed by atoms with Gasteiger partial charge in [-0.2, -0.15) is 0 Å². The first kappa shape index (κ1) is 13.5. The zero-order valence-corrected chi connectivity index (χ0v) is 11.0. The Hall–Kier alpha value is -1.94. The largest absolute Gasteiger partial charge is 0.508 e. The number of halogens is 1. The summed E-state index contributed by atoms with van der Waals surface area (Å²) in [5, 5.41) is 9.73. The molecule has 1 heterocycles. The minimum atomic E-state index is -0.335. The topological polar surface area (TPSA) is 36.4 Å². The summed E-state index contributed by atoms with van der Waals surface area (Å²) in [6.07, 6.45) is 3.50. The fraction of sp³-hybridized carbons (Fsp3) is 0.267. The summed E-state index contributed by atoms with van der Waals surface area (Å²) in [6.45, 7) is 2.54. The Morgan fingerprint density at radius 2 is 1.95 bits per heavy atom. The third-order valence-corrected chi connectivity index (χ3v) is 3.31. The van der Waals surface area contributed by atoms with E-state index in [0.29, 0.717) is 12.1 Å². The van der Waals surface area contributed by atoms with Crippen LogP contribution in [0.15, 0.2) is 42.7 Å². The van der Waals surface area contributed by atoms with Gasteiger partial charge >= 0.3 is 0 Å². The van der Waals surface area contributed by atoms with Gasteiger partial charge in [0.25, 0.3) is 0 Å². The first-order valence-electron chi connectivity index (χ1n) is 6.15. The van der Waals surface area contributed by atoms with E-state index in [-0.39, 0.29) is 17.6 Å². The van der Waals surface area contributed by atoms with Crippen LogP contribution in [0.3, 0.4) is 0 Å². The number of hydrogen-bond acceptors (Lipinski definition) is 3. The third-order valence-electron chi connectivity index (χ3n) is 3.31. The highest BCUT2D eigenvalue weighted by atomic mass is 19.1. The first-order chi connectivity index (χ1) is 9.08. The Kier molecular flexibility index (Phi) is 4.12. The minimum Gasteiger partial charge on any atom is -0.508 e. The lowest BCUT2D eigenvalue weighted by Crippen LogP contribution is -2.22. The SMILES string of the molecule is CC(c1ccncc1)N(C)Cc1cc(F)ccc1O. The van der Waals surface area contributed by atoms with E-state index < -0.39 is 0 Å². The average Bonchev–Trinajstić information content (AvgIpc) is 2.43. The number of benzene rings is 1. The molecule has 4 heteroatoms. The molecule has 2 rings (SSSR count). The molecule has 1 aromatic heterocycles. The Balaban J connectivity index is 2.12. The first-order valence-corrected chi connectivity index (χ1v) is 6.15. The molecule has 0 fully saturated rings. The standard InChI is InChI=1S/C15H17FN2O/c1-11(12-5-7-17-8-6-12)18(2)10-13-9-14(16)3-4-15(13)19/h3-9,11,19H,10H2,1-2H3. The average molecular weight is 260 g/mol. The van der Waals surface area contributed by atoms with E-state index in [0.717, 1.165) is 5.56 Å². The van der Waals surface area contributed by atoms with Crippen molar-refractivity contribution in [3.05, 3.63) is 59.7 Å². The van der Waals surface area contributed by atoms with Crippen LogP contribution in [-0.2, 0) is 6.54 Å². The van der Waals surface area contributed by atoms with Crippen LogP contribution in [0.1, 0.15) is 24.1 Å². The summed E-state index contributed by atoms with van der Waals surface area (Å²) in [7, 11) is 1.94. The smallest absolute Gasteiger partial charge is 0.123 e. The molecule has 0 saturated heterocycles.